The lowest BCUT2D eigenvalue weighted by atomic mass is 9.96. The maximum atomic E-state index is 5.39. The smallest absolute Gasteiger partial charge is 0.121 e. The van der Waals surface area contributed by atoms with Crippen LogP contribution in [0.2, 0.25) is 0 Å². The van der Waals surface area contributed by atoms with Crippen molar-refractivity contribution in [2.24, 2.45) is 0 Å². The Hall–Kier alpha value is -1.22. The average Bonchev–Trinajstić information content (AvgIpc) is 2.76. The zero-order chi connectivity index (χ0) is 14.8. The summed E-state index contributed by atoms with van der Waals surface area (Å²) in [6.45, 7) is 5.54. The van der Waals surface area contributed by atoms with E-state index in [1.807, 2.05) is 0 Å². The van der Waals surface area contributed by atoms with Crippen molar-refractivity contribution in [2.45, 2.75) is 64.1 Å². The van der Waals surface area contributed by atoms with Gasteiger partial charge in [-0.1, -0.05) is 6.92 Å². The standard InChI is InChI=1S/C18H28N2O/c1-4-9-19-14-11-16-5-6-17(12-14)20(16)15-7-8-18(21-3)13(2)10-15/h7-8,10,14,16-17,19H,4-6,9,11-12H2,1-3H3. The predicted molar refractivity (Wildman–Crippen MR) is 88.3 cm³/mol. The van der Waals surface area contributed by atoms with Crippen LogP contribution < -0.4 is 15.0 Å². The van der Waals surface area contributed by atoms with Crippen LogP contribution in [0.1, 0.15) is 44.6 Å². The molecule has 1 aromatic carbocycles. The molecule has 2 unspecified atom stereocenters. The van der Waals surface area contributed by atoms with Gasteiger partial charge in [0.15, 0.2) is 0 Å². The minimum atomic E-state index is 0.714. The van der Waals surface area contributed by atoms with Crippen molar-refractivity contribution in [1.82, 2.24) is 5.32 Å². The van der Waals surface area contributed by atoms with E-state index in [4.69, 9.17) is 4.74 Å². The Morgan fingerprint density at radius 3 is 2.52 bits per heavy atom. The summed E-state index contributed by atoms with van der Waals surface area (Å²) < 4.78 is 5.39. The molecule has 3 heteroatoms. The number of rotatable bonds is 5. The van der Waals surface area contributed by atoms with Gasteiger partial charge in [-0.3, -0.25) is 0 Å². The molecule has 0 amide bonds. The molecular formula is C18H28N2O. The number of nitrogens with one attached hydrogen (secondary N) is 1. The molecule has 2 aliphatic rings. The molecule has 1 aromatic rings. The highest BCUT2D eigenvalue weighted by molar-refractivity contribution is 5.55. The van der Waals surface area contributed by atoms with Gasteiger partial charge in [-0.2, -0.15) is 0 Å². The van der Waals surface area contributed by atoms with E-state index in [1.165, 1.54) is 43.4 Å². The second-order valence-corrected chi connectivity index (χ2v) is 6.57. The van der Waals surface area contributed by atoms with E-state index in [0.29, 0.717) is 12.1 Å². The number of piperidine rings is 1. The molecule has 0 aromatic heterocycles. The zero-order valence-corrected chi connectivity index (χ0v) is 13.6. The lowest BCUT2D eigenvalue weighted by molar-refractivity contribution is 0.356. The van der Waals surface area contributed by atoms with Crippen molar-refractivity contribution in [3.63, 3.8) is 0 Å². The highest BCUT2D eigenvalue weighted by Crippen LogP contribution is 2.40. The van der Waals surface area contributed by atoms with Gasteiger partial charge in [-0.05, 0) is 69.3 Å². The van der Waals surface area contributed by atoms with E-state index < -0.39 is 0 Å². The van der Waals surface area contributed by atoms with Crippen molar-refractivity contribution >= 4 is 5.69 Å². The second-order valence-electron chi connectivity index (χ2n) is 6.57. The number of fused-ring (bicyclic) bond motifs is 2. The van der Waals surface area contributed by atoms with E-state index in [0.717, 1.165) is 18.3 Å². The summed E-state index contributed by atoms with van der Waals surface area (Å²) in [6, 6.07) is 8.79. The topological polar surface area (TPSA) is 24.5 Å². The lowest BCUT2D eigenvalue weighted by Gasteiger charge is -2.41. The fourth-order valence-electron chi connectivity index (χ4n) is 4.14. The van der Waals surface area contributed by atoms with E-state index >= 15 is 0 Å². The van der Waals surface area contributed by atoms with Gasteiger partial charge in [-0.25, -0.2) is 0 Å². The number of methoxy groups -OCH3 is 1. The molecule has 116 valence electrons. The summed E-state index contributed by atoms with van der Waals surface area (Å²) in [7, 11) is 1.75. The molecule has 0 aliphatic carbocycles. The minimum Gasteiger partial charge on any atom is -0.496 e. The first kappa shape index (κ1) is 14.7. The molecule has 3 nitrogen and oxygen atoms in total. The summed E-state index contributed by atoms with van der Waals surface area (Å²) >= 11 is 0. The highest BCUT2D eigenvalue weighted by Gasteiger charge is 2.40. The van der Waals surface area contributed by atoms with Crippen LogP contribution in [-0.4, -0.2) is 31.8 Å². The van der Waals surface area contributed by atoms with Crippen LogP contribution in [-0.2, 0) is 0 Å². The normalized spacial score (nSPS) is 28.0. The van der Waals surface area contributed by atoms with Gasteiger partial charge in [-0.15, -0.1) is 0 Å². The summed E-state index contributed by atoms with van der Waals surface area (Å²) in [4.78, 5) is 2.68. The molecule has 21 heavy (non-hydrogen) atoms. The number of nitrogens with zero attached hydrogens (tertiary/aromatic N) is 1. The van der Waals surface area contributed by atoms with Crippen LogP contribution in [0.5, 0.6) is 5.75 Å². The number of hydrogen-bond donors (Lipinski definition) is 1. The molecule has 1 N–H and O–H groups in total. The number of aryl methyl sites for hydroxylation is 1. The molecule has 2 heterocycles. The van der Waals surface area contributed by atoms with Crippen molar-refractivity contribution < 1.29 is 4.74 Å². The third-order valence-corrected chi connectivity index (χ3v) is 5.09. The van der Waals surface area contributed by atoms with Gasteiger partial charge in [0.2, 0.25) is 0 Å². The summed E-state index contributed by atoms with van der Waals surface area (Å²) in [5.41, 5.74) is 2.62. The van der Waals surface area contributed by atoms with Crippen molar-refractivity contribution in [3.05, 3.63) is 23.8 Å². The maximum Gasteiger partial charge on any atom is 0.121 e. The van der Waals surface area contributed by atoms with Crippen LogP contribution in [0.3, 0.4) is 0 Å². The minimum absolute atomic E-state index is 0.714. The second kappa shape index (κ2) is 6.27. The molecule has 2 fully saturated rings. The Morgan fingerprint density at radius 2 is 1.95 bits per heavy atom. The maximum absolute atomic E-state index is 5.39. The Bertz CT molecular complexity index is 474. The van der Waals surface area contributed by atoms with Crippen molar-refractivity contribution in [1.29, 1.82) is 0 Å². The highest BCUT2D eigenvalue weighted by atomic mass is 16.5. The van der Waals surface area contributed by atoms with Gasteiger partial charge >= 0.3 is 0 Å². The van der Waals surface area contributed by atoms with Crippen LogP contribution in [0.25, 0.3) is 0 Å². The van der Waals surface area contributed by atoms with E-state index in [2.05, 4.69) is 42.3 Å². The van der Waals surface area contributed by atoms with Gasteiger partial charge in [0.05, 0.1) is 7.11 Å². The Morgan fingerprint density at radius 1 is 1.24 bits per heavy atom. The van der Waals surface area contributed by atoms with E-state index in [1.54, 1.807) is 7.11 Å². The molecular weight excluding hydrogens is 260 g/mol. The molecule has 0 spiro atoms. The summed E-state index contributed by atoms with van der Waals surface area (Å²) in [5.74, 6) is 0.991. The SMILES string of the molecule is CCCNC1CC2CCC(C1)N2c1ccc(OC)c(C)c1. The Balaban J connectivity index is 1.74. The average molecular weight is 288 g/mol. The Labute approximate surface area is 128 Å². The van der Waals surface area contributed by atoms with Crippen molar-refractivity contribution in [3.8, 4) is 5.75 Å². The van der Waals surface area contributed by atoms with Gasteiger partial charge < -0.3 is 15.0 Å². The molecule has 2 saturated heterocycles. The Kier molecular flexibility index (Phi) is 4.39. The quantitative estimate of drug-likeness (QED) is 0.897. The first-order valence-electron chi connectivity index (χ1n) is 8.39. The molecule has 3 rings (SSSR count). The van der Waals surface area contributed by atoms with Crippen LogP contribution >= 0.6 is 0 Å². The number of ether oxygens (including phenoxy) is 1. The molecule has 2 bridgehead atoms. The predicted octanol–water partition coefficient (Wildman–Crippen LogP) is 3.50. The lowest BCUT2D eigenvalue weighted by Crippen LogP contribution is -2.49. The van der Waals surface area contributed by atoms with Gasteiger partial charge in [0.1, 0.15) is 5.75 Å². The molecule has 2 aliphatic heterocycles. The first-order valence-corrected chi connectivity index (χ1v) is 8.39. The largest absolute Gasteiger partial charge is 0.496 e. The van der Waals surface area contributed by atoms with E-state index in [9.17, 15) is 0 Å². The van der Waals surface area contributed by atoms with Crippen LogP contribution in [0.15, 0.2) is 18.2 Å². The molecule has 0 radical (unpaired) electrons. The number of benzene rings is 1. The third kappa shape index (κ3) is 2.89. The number of hydrogen-bond acceptors (Lipinski definition) is 3. The first-order chi connectivity index (χ1) is 10.2. The van der Waals surface area contributed by atoms with Gasteiger partial charge in [0.25, 0.3) is 0 Å². The third-order valence-electron chi connectivity index (χ3n) is 5.09. The monoisotopic (exact) mass is 288 g/mol. The molecule has 0 saturated carbocycles. The van der Waals surface area contributed by atoms with Crippen LogP contribution in [0, 0.1) is 6.92 Å². The van der Waals surface area contributed by atoms with E-state index in [-0.39, 0.29) is 0 Å². The number of anilines is 1. The zero-order valence-electron chi connectivity index (χ0n) is 13.6. The summed E-state index contributed by atoms with van der Waals surface area (Å²) in [6.07, 6.45) is 6.51. The molecule has 2 atom stereocenters. The van der Waals surface area contributed by atoms with Gasteiger partial charge in [0, 0.05) is 23.8 Å². The van der Waals surface area contributed by atoms with Crippen LogP contribution in [0.4, 0.5) is 5.69 Å². The fourth-order valence-corrected chi connectivity index (χ4v) is 4.14. The fraction of sp³-hybridized carbons (Fsp3) is 0.667. The summed E-state index contributed by atoms with van der Waals surface area (Å²) in [5, 5.41) is 3.73. The van der Waals surface area contributed by atoms with Crippen molar-refractivity contribution in [2.75, 3.05) is 18.6 Å².